The summed E-state index contributed by atoms with van der Waals surface area (Å²) in [4.78, 5) is 0. The molecule has 1 aromatic rings. The van der Waals surface area contributed by atoms with Gasteiger partial charge in [-0.05, 0) is 18.4 Å². The van der Waals surface area contributed by atoms with Crippen LogP contribution in [0.5, 0.6) is 0 Å². The fourth-order valence-electron chi connectivity index (χ4n) is 2.55. The van der Waals surface area contributed by atoms with Crippen LogP contribution in [-0.4, -0.2) is 49.2 Å². The molecule has 0 spiro atoms. The first-order valence-corrected chi connectivity index (χ1v) is 8.59. The van der Waals surface area contributed by atoms with Crippen molar-refractivity contribution in [2.24, 2.45) is 0 Å². The Labute approximate surface area is 120 Å². The quantitative estimate of drug-likeness (QED) is 0.874. The van der Waals surface area contributed by atoms with E-state index in [1.54, 1.807) is 8.61 Å². The third kappa shape index (κ3) is 3.03. The number of benzene rings is 1. The Hall–Kier alpha value is -0.950. The van der Waals surface area contributed by atoms with Gasteiger partial charge in [-0.1, -0.05) is 30.3 Å². The summed E-state index contributed by atoms with van der Waals surface area (Å²) in [6.45, 7) is 3.10. The smallest absolute Gasteiger partial charge is 0.282 e. The molecule has 1 aliphatic carbocycles. The maximum atomic E-state index is 12.8. The molecule has 1 aliphatic heterocycles. The Bertz CT molecular complexity index is 537. The molecule has 0 amide bonds. The number of hydrogen-bond acceptors (Lipinski definition) is 3. The van der Waals surface area contributed by atoms with Gasteiger partial charge in [-0.15, -0.1) is 0 Å². The van der Waals surface area contributed by atoms with Crippen LogP contribution in [0.3, 0.4) is 0 Å². The molecule has 1 aromatic carbocycles. The zero-order valence-electron chi connectivity index (χ0n) is 11.5. The summed E-state index contributed by atoms with van der Waals surface area (Å²) in [5.74, 6) is 0. The fourth-order valence-corrected chi connectivity index (χ4v) is 4.39. The van der Waals surface area contributed by atoms with Crippen LogP contribution in [0.15, 0.2) is 30.3 Å². The first-order valence-electron chi connectivity index (χ1n) is 7.19. The molecule has 2 fully saturated rings. The van der Waals surface area contributed by atoms with Crippen LogP contribution >= 0.6 is 0 Å². The molecule has 0 atom stereocenters. The standard InChI is InChI=1S/C14H21N3O2S/c18-20(19,16-10-8-15-9-11-16)17(14-6-7-14)12-13-4-2-1-3-5-13/h1-5,14-15H,6-12H2. The molecule has 5 nitrogen and oxygen atoms in total. The molecule has 110 valence electrons. The highest BCUT2D eigenvalue weighted by atomic mass is 32.2. The summed E-state index contributed by atoms with van der Waals surface area (Å²) in [5, 5.41) is 3.20. The van der Waals surface area contributed by atoms with Crippen LogP contribution in [-0.2, 0) is 16.8 Å². The number of nitrogens with one attached hydrogen (secondary N) is 1. The summed E-state index contributed by atoms with van der Waals surface area (Å²) in [5.41, 5.74) is 1.05. The summed E-state index contributed by atoms with van der Waals surface area (Å²) < 4.78 is 28.9. The van der Waals surface area contributed by atoms with E-state index in [0.29, 0.717) is 19.6 Å². The average Bonchev–Trinajstić information content (AvgIpc) is 3.31. The predicted octanol–water partition coefficient (Wildman–Crippen LogP) is 0.801. The summed E-state index contributed by atoms with van der Waals surface area (Å²) in [6.07, 6.45) is 1.97. The van der Waals surface area contributed by atoms with Crippen molar-refractivity contribution in [3.8, 4) is 0 Å². The predicted molar refractivity (Wildman–Crippen MR) is 78.4 cm³/mol. The van der Waals surface area contributed by atoms with Gasteiger partial charge in [0.15, 0.2) is 0 Å². The van der Waals surface area contributed by atoms with Crippen molar-refractivity contribution < 1.29 is 8.42 Å². The Morgan fingerprint density at radius 1 is 1.15 bits per heavy atom. The lowest BCUT2D eigenvalue weighted by Gasteiger charge is -2.32. The van der Waals surface area contributed by atoms with Crippen molar-refractivity contribution in [2.75, 3.05) is 26.2 Å². The molecule has 1 saturated heterocycles. The molecular formula is C14H21N3O2S. The monoisotopic (exact) mass is 295 g/mol. The number of rotatable bonds is 5. The van der Waals surface area contributed by atoms with Gasteiger partial charge in [0.1, 0.15) is 0 Å². The van der Waals surface area contributed by atoms with Gasteiger partial charge >= 0.3 is 0 Å². The largest absolute Gasteiger partial charge is 0.314 e. The minimum absolute atomic E-state index is 0.190. The van der Waals surface area contributed by atoms with Crippen molar-refractivity contribution in [3.05, 3.63) is 35.9 Å². The molecule has 3 rings (SSSR count). The molecule has 6 heteroatoms. The highest BCUT2D eigenvalue weighted by Gasteiger charge is 2.40. The van der Waals surface area contributed by atoms with Crippen molar-refractivity contribution in [3.63, 3.8) is 0 Å². The number of hydrogen-bond donors (Lipinski definition) is 1. The molecule has 0 aromatic heterocycles. The molecule has 1 N–H and O–H groups in total. The number of piperazine rings is 1. The lowest BCUT2D eigenvalue weighted by Crippen LogP contribution is -2.52. The van der Waals surface area contributed by atoms with E-state index in [4.69, 9.17) is 0 Å². The molecule has 1 saturated carbocycles. The fraction of sp³-hybridized carbons (Fsp3) is 0.571. The van der Waals surface area contributed by atoms with Gasteiger partial charge in [-0.25, -0.2) is 0 Å². The van der Waals surface area contributed by atoms with Crippen LogP contribution in [0.2, 0.25) is 0 Å². The summed E-state index contributed by atoms with van der Waals surface area (Å²) in [7, 11) is -3.33. The second-order valence-electron chi connectivity index (χ2n) is 5.42. The van der Waals surface area contributed by atoms with E-state index < -0.39 is 10.2 Å². The van der Waals surface area contributed by atoms with E-state index in [1.807, 2.05) is 30.3 Å². The van der Waals surface area contributed by atoms with Gasteiger partial charge in [-0.2, -0.15) is 17.0 Å². The molecule has 0 unspecified atom stereocenters. The van der Waals surface area contributed by atoms with Crippen molar-refractivity contribution in [1.29, 1.82) is 0 Å². The Kier molecular flexibility index (Phi) is 4.07. The Balaban J connectivity index is 1.79. The zero-order chi connectivity index (χ0) is 14.0. The third-order valence-electron chi connectivity index (χ3n) is 3.83. The van der Waals surface area contributed by atoms with Gasteiger partial charge in [0.25, 0.3) is 10.2 Å². The van der Waals surface area contributed by atoms with Crippen LogP contribution in [0.4, 0.5) is 0 Å². The normalized spacial score (nSPS) is 21.2. The minimum Gasteiger partial charge on any atom is -0.314 e. The lowest BCUT2D eigenvalue weighted by atomic mass is 10.2. The van der Waals surface area contributed by atoms with Gasteiger partial charge in [-0.3, -0.25) is 0 Å². The van der Waals surface area contributed by atoms with Crippen LogP contribution in [0.1, 0.15) is 18.4 Å². The second kappa shape index (κ2) is 5.81. The van der Waals surface area contributed by atoms with E-state index in [2.05, 4.69) is 5.32 Å². The SMILES string of the molecule is O=S(=O)(N1CCNCC1)N(Cc1ccccc1)C1CC1. The Morgan fingerprint density at radius 3 is 2.40 bits per heavy atom. The average molecular weight is 295 g/mol. The molecule has 2 aliphatic rings. The highest BCUT2D eigenvalue weighted by molar-refractivity contribution is 7.86. The molecular weight excluding hydrogens is 274 g/mol. The van der Waals surface area contributed by atoms with E-state index in [0.717, 1.165) is 31.5 Å². The van der Waals surface area contributed by atoms with E-state index in [9.17, 15) is 8.42 Å². The highest BCUT2D eigenvalue weighted by Crippen LogP contribution is 2.32. The molecule has 1 heterocycles. The lowest BCUT2D eigenvalue weighted by molar-refractivity contribution is 0.304. The first-order chi connectivity index (χ1) is 9.68. The minimum atomic E-state index is -3.33. The van der Waals surface area contributed by atoms with Gasteiger partial charge in [0, 0.05) is 38.8 Å². The summed E-state index contributed by atoms with van der Waals surface area (Å²) >= 11 is 0. The maximum Gasteiger partial charge on any atom is 0.282 e. The zero-order valence-corrected chi connectivity index (χ0v) is 12.3. The number of nitrogens with zero attached hydrogens (tertiary/aromatic N) is 2. The van der Waals surface area contributed by atoms with Gasteiger partial charge in [0.05, 0.1) is 0 Å². The van der Waals surface area contributed by atoms with Crippen molar-refractivity contribution >= 4 is 10.2 Å². The topological polar surface area (TPSA) is 52.7 Å². The van der Waals surface area contributed by atoms with Crippen LogP contribution in [0.25, 0.3) is 0 Å². The second-order valence-corrected chi connectivity index (χ2v) is 7.30. The van der Waals surface area contributed by atoms with Crippen molar-refractivity contribution in [1.82, 2.24) is 13.9 Å². The molecule has 20 heavy (non-hydrogen) atoms. The van der Waals surface area contributed by atoms with E-state index in [1.165, 1.54) is 0 Å². The van der Waals surface area contributed by atoms with Gasteiger partial charge in [0.2, 0.25) is 0 Å². The van der Waals surface area contributed by atoms with Crippen LogP contribution < -0.4 is 5.32 Å². The molecule has 0 bridgehead atoms. The third-order valence-corrected chi connectivity index (χ3v) is 5.87. The van der Waals surface area contributed by atoms with Crippen molar-refractivity contribution in [2.45, 2.75) is 25.4 Å². The summed E-state index contributed by atoms with van der Waals surface area (Å²) in [6, 6.07) is 10.0. The van der Waals surface area contributed by atoms with E-state index in [-0.39, 0.29) is 6.04 Å². The Morgan fingerprint density at radius 2 is 1.80 bits per heavy atom. The first kappa shape index (κ1) is 14.0. The van der Waals surface area contributed by atoms with Crippen LogP contribution in [0, 0.1) is 0 Å². The van der Waals surface area contributed by atoms with E-state index >= 15 is 0 Å². The maximum absolute atomic E-state index is 12.8. The molecule has 0 radical (unpaired) electrons. The van der Waals surface area contributed by atoms with Gasteiger partial charge < -0.3 is 5.32 Å².